The van der Waals surface area contributed by atoms with Gasteiger partial charge in [-0.25, -0.2) is 8.42 Å². The van der Waals surface area contributed by atoms with E-state index in [1.807, 2.05) is 0 Å². The van der Waals surface area contributed by atoms with E-state index in [1.54, 1.807) is 19.6 Å². The van der Waals surface area contributed by atoms with Gasteiger partial charge >= 0.3 is 18.9 Å². The molecule has 0 bridgehead atoms. The molecule has 0 rings (SSSR count). The molecule has 0 radical (unpaired) electrons. The van der Waals surface area contributed by atoms with Crippen molar-refractivity contribution in [1.29, 1.82) is 0 Å². The Kier molecular flexibility index (Phi) is 6.98. The van der Waals surface area contributed by atoms with Crippen molar-refractivity contribution < 1.29 is 25.3 Å². The van der Waals surface area contributed by atoms with Gasteiger partial charge in [-0.2, -0.15) is 8.42 Å². The summed E-state index contributed by atoms with van der Waals surface area (Å²) in [5.74, 6) is -1.55. The van der Waals surface area contributed by atoms with E-state index in [0.717, 1.165) is 0 Å². The van der Waals surface area contributed by atoms with Crippen LogP contribution in [0, 0.1) is 0 Å². The fourth-order valence-corrected chi connectivity index (χ4v) is 5.67. The van der Waals surface area contributed by atoms with Gasteiger partial charge in [0.1, 0.15) is 0 Å². The molecule has 0 saturated carbocycles. The van der Waals surface area contributed by atoms with Crippen molar-refractivity contribution in [1.82, 2.24) is 0 Å². The van der Waals surface area contributed by atoms with Crippen LogP contribution in [-0.4, -0.2) is 60.1 Å². The Morgan fingerprint density at radius 1 is 1.07 bits per heavy atom. The third kappa shape index (κ3) is 12.6. The number of hydrogen-bond acceptors (Lipinski definition) is 5. The molecule has 0 aliphatic carbocycles. The van der Waals surface area contributed by atoms with Crippen LogP contribution >= 0.6 is 0 Å². The number of rotatable bonds is 5. The molecule has 1 N–H and O–H groups in total. The minimum atomic E-state index is -4.26. The fourth-order valence-electron chi connectivity index (χ4n) is 0.630. The molecule has 15 heavy (non-hydrogen) atoms. The fraction of sp³-hybridized carbons (Fsp3) is 1.00. The van der Waals surface area contributed by atoms with Crippen molar-refractivity contribution in [3.63, 3.8) is 0 Å². The zero-order valence-electron chi connectivity index (χ0n) is 8.22. The summed E-state index contributed by atoms with van der Waals surface area (Å²) >= 11 is 0. The van der Waals surface area contributed by atoms with Crippen LogP contribution in [-0.2, 0) is 24.1 Å². The first-order valence-electron chi connectivity index (χ1n) is 3.80. The zero-order valence-corrected chi connectivity index (χ0v) is 10.9. The molecule has 0 aliphatic heterocycles. The van der Waals surface area contributed by atoms with Gasteiger partial charge in [0.15, 0.2) is 0 Å². The van der Waals surface area contributed by atoms with Crippen LogP contribution in [0.5, 0.6) is 0 Å². The molecular formula is C5H15LiO6S2Si. The standard InChI is InChI=1S/C5H14O6S2Si.Li.H/c1-14(2,3)11-13(9,10)5-4-12(6,7)8;;/h4-5H2,1-3H3,(H,6,7,8);;. The molecule has 6 nitrogen and oxygen atoms in total. The van der Waals surface area contributed by atoms with Crippen molar-refractivity contribution in [3.8, 4) is 0 Å². The van der Waals surface area contributed by atoms with Gasteiger partial charge in [-0.15, -0.1) is 0 Å². The normalized spacial score (nSPS) is 13.3. The van der Waals surface area contributed by atoms with Crippen molar-refractivity contribution in [3.05, 3.63) is 0 Å². The Hall–Kier alpha value is 0.634. The van der Waals surface area contributed by atoms with E-state index >= 15 is 0 Å². The first-order valence-corrected chi connectivity index (χ1v) is 10.4. The third-order valence-electron chi connectivity index (χ3n) is 0.968. The summed E-state index contributed by atoms with van der Waals surface area (Å²) in [5, 5.41) is 0. The second kappa shape index (κ2) is 5.81. The molecule has 0 fully saturated rings. The Balaban J connectivity index is 0. The summed E-state index contributed by atoms with van der Waals surface area (Å²) in [6.45, 7) is 4.99. The average molecular weight is 270 g/mol. The Morgan fingerprint density at radius 3 is 1.73 bits per heavy atom. The predicted octanol–water partition coefficient (Wildman–Crippen LogP) is -0.593. The summed E-state index contributed by atoms with van der Waals surface area (Å²) < 4.78 is 55.9. The maximum atomic E-state index is 11.1. The van der Waals surface area contributed by atoms with Crippen LogP contribution in [0.4, 0.5) is 0 Å². The third-order valence-corrected chi connectivity index (χ3v) is 5.67. The molecule has 0 aromatic carbocycles. The van der Waals surface area contributed by atoms with E-state index in [9.17, 15) is 16.8 Å². The maximum absolute atomic E-state index is 11.1. The predicted molar refractivity (Wildman–Crippen MR) is 61.8 cm³/mol. The molecule has 0 spiro atoms. The van der Waals surface area contributed by atoms with E-state index in [-0.39, 0.29) is 18.9 Å². The molecule has 0 saturated heterocycles. The van der Waals surface area contributed by atoms with Crippen LogP contribution in [0.3, 0.4) is 0 Å². The quantitative estimate of drug-likeness (QED) is 0.529. The molecule has 0 unspecified atom stereocenters. The summed E-state index contributed by atoms with van der Waals surface area (Å²) in [6.07, 6.45) is 0. The van der Waals surface area contributed by atoms with Gasteiger partial charge in [-0.3, -0.25) is 4.55 Å². The molecule has 0 atom stereocenters. The topological polar surface area (TPSA) is 97.7 Å². The zero-order chi connectivity index (χ0) is 11.6. The average Bonchev–Trinajstić information content (AvgIpc) is 1.76. The van der Waals surface area contributed by atoms with Crippen molar-refractivity contribution in [2.45, 2.75) is 19.6 Å². The molecule has 0 heterocycles. The van der Waals surface area contributed by atoms with E-state index < -0.39 is 40.1 Å². The van der Waals surface area contributed by atoms with E-state index in [0.29, 0.717) is 0 Å². The Bertz CT molecular complexity index is 380. The van der Waals surface area contributed by atoms with Crippen LogP contribution in [0.15, 0.2) is 0 Å². The molecule has 88 valence electrons. The van der Waals surface area contributed by atoms with Gasteiger partial charge < -0.3 is 3.87 Å². The van der Waals surface area contributed by atoms with E-state index in [1.165, 1.54) is 0 Å². The van der Waals surface area contributed by atoms with Gasteiger partial charge in [-0.1, -0.05) is 0 Å². The molecular weight excluding hydrogens is 255 g/mol. The number of hydrogen-bond donors (Lipinski definition) is 1. The van der Waals surface area contributed by atoms with Crippen LogP contribution in [0.25, 0.3) is 0 Å². The van der Waals surface area contributed by atoms with Crippen LogP contribution < -0.4 is 0 Å². The van der Waals surface area contributed by atoms with Gasteiger partial charge in [0, 0.05) is 0 Å². The summed E-state index contributed by atoms with van der Waals surface area (Å²) in [7, 11) is -10.4. The van der Waals surface area contributed by atoms with E-state index in [2.05, 4.69) is 0 Å². The first-order chi connectivity index (χ1) is 5.91. The molecule has 0 amide bonds. The van der Waals surface area contributed by atoms with Gasteiger partial charge in [-0.05, 0) is 19.6 Å². The van der Waals surface area contributed by atoms with Crippen LogP contribution in [0.1, 0.15) is 0 Å². The second-order valence-electron chi connectivity index (χ2n) is 3.74. The van der Waals surface area contributed by atoms with Crippen molar-refractivity contribution >= 4 is 47.4 Å². The Labute approximate surface area is 104 Å². The molecule has 10 heteroatoms. The minimum absolute atomic E-state index is 0. The monoisotopic (exact) mass is 270 g/mol. The van der Waals surface area contributed by atoms with Crippen LogP contribution in [0.2, 0.25) is 19.6 Å². The molecule has 0 aromatic rings. The Morgan fingerprint density at radius 2 is 1.47 bits per heavy atom. The first kappa shape index (κ1) is 18.0. The summed E-state index contributed by atoms with van der Waals surface area (Å²) in [5.41, 5.74) is 0. The van der Waals surface area contributed by atoms with Gasteiger partial charge in [0.2, 0.25) is 8.32 Å². The van der Waals surface area contributed by atoms with Gasteiger partial charge in [0.25, 0.3) is 20.2 Å². The van der Waals surface area contributed by atoms with Crippen molar-refractivity contribution in [2.24, 2.45) is 0 Å². The van der Waals surface area contributed by atoms with E-state index in [4.69, 9.17) is 8.42 Å². The summed E-state index contributed by atoms with van der Waals surface area (Å²) in [4.78, 5) is 0. The molecule has 0 aliphatic rings. The summed E-state index contributed by atoms with van der Waals surface area (Å²) in [6, 6.07) is 0. The molecule has 0 aromatic heterocycles. The van der Waals surface area contributed by atoms with Crippen molar-refractivity contribution in [2.75, 3.05) is 11.5 Å². The SMILES string of the molecule is C[Si](C)(C)OS(=O)(=O)CCS(=O)(=O)O.[LiH]. The van der Waals surface area contributed by atoms with Gasteiger partial charge in [0.05, 0.1) is 11.5 Å². The second-order valence-corrected chi connectivity index (χ2v) is 11.7.